The second kappa shape index (κ2) is 5.19. The van der Waals surface area contributed by atoms with Crippen LogP contribution in [0.1, 0.15) is 18.9 Å². The highest BCUT2D eigenvalue weighted by Crippen LogP contribution is 2.19. The van der Waals surface area contributed by atoms with Gasteiger partial charge in [-0.25, -0.2) is 0 Å². The summed E-state index contributed by atoms with van der Waals surface area (Å²) in [6.07, 6.45) is 0.535. The maximum atomic E-state index is 11.1. The first-order valence-electron chi connectivity index (χ1n) is 5.70. The van der Waals surface area contributed by atoms with Crippen LogP contribution in [-0.4, -0.2) is 25.0 Å². The van der Waals surface area contributed by atoms with Gasteiger partial charge in [-0.15, -0.1) is 0 Å². The average Bonchev–Trinajstić information content (AvgIpc) is 2.26. The molecule has 0 radical (unpaired) electrons. The van der Waals surface area contributed by atoms with Gasteiger partial charge in [0.1, 0.15) is 0 Å². The van der Waals surface area contributed by atoms with Gasteiger partial charge in [-0.1, -0.05) is 18.2 Å². The number of carbonyl (C=O) groups excluding carboxylic acids is 1. The fourth-order valence-corrected chi connectivity index (χ4v) is 1.64. The van der Waals surface area contributed by atoms with E-state index in [1.807, 2.05) is 25.2 Å². The highest BCUT2D eigenvalue weighted by molar-refractivity contribution is 5.83. The molecule has 0 spiro atoms. The molecule has 1 atom stereocenters. The monoisotopic (exact) mass is 235 g/mol. The zero-order valence-corrected chi connectivity index (χ0v) is 10.7. The predicted molar refractivity (Wildman–Crippen MR) is 70.9 cm³/mol. The van der Waals surface area contributed by atoms with Gasteiger partial charge in [0.25, 0.3) is 0 Å². The Morgan fingerprint density at radius 1 is 1.41 bits per heavy atom. The molecule has 0 aliphatic heterocycles. The van der Waals surface area contributed by atoms with Crippen LogP contribution in [-0.2, 0) is 4.79 Å². The lowest BCUT2D eigenvalue weighted by atomic mass is 9.98. The van der Waals surface area contributed by atoms with Crippen LogP contribution in [0.25, 0.3) is 0 Å². The summed E-state index contributed by atoms with van der Waals surface area (Å²) >= 11 is 0. The summed E-state index contributed by atoms with van der Waals surface area (Å²) in [5.74, 6) is -0.462. The van der Waals surface area contributed by atoms with Crippen LogP contribution in [0.15, 0.2) is 24.3 Å². The number of rotatable bonds is 5. The first-order chi connectivity index (χ1) is 7.84. The number of benzene rings is 1. The Kier molecular flexibility index (Phi) is 4.12. The minimum Gasteiger partial charge on any atom is -0.374 e. The van der Waals surface area contributed by atoms with E-state index in [0.717, 1.165) is 5.69 Å². The Morgan fingerprint density at radius 3 is 2.53 bits per heavy atom. The van der Waals surface area contributed by atoms with E-state index in [0.29, 0.717) is 13.0 Å². The first kappa shape index (κ1) is 13.5. The Hall–Kier alpha value is -1.55. The third-order valence-corrected chi connectivity index (χ3v) is 3.06. The predicted octanol–water partition coefficient (Wildman–Crippen LogP) is 1.02. The van der Waals surface area contributed by atoms with E-state index in [1.165, 1.54) is 5.56 Å². The molecule has 4 nitrogen and oxygen atoms in total. The SMILES string of the molecule is Cc1ccccc1N(C)CCC(C)(N)C(N)=O. The van der Waals surface area contributed by atoms with Crippen molar-refractivity contribution in [1.82, 2.24) is 0 Å². The molecular formula is C13H21N3O. The zero-order valence-electron chi connectivity index (χ0n) is 10.7. The Bertz CT molecular complexity index is 401. The van der Waals surface area contributed by atoms with Crippen LogP contribution in [0.4, 0.5) is 5.69 Å². The third-order valence-electron chi connectivity index (χ3n) is 3.06. The molecule has 0 aliphatic carbocycles. The largest absolute Gasteiger partial charge is 0.374 e. The normalized spacial score (nSPS) is 14.1. The smallest absolute Gasteiger partial charge is 0.237 e. The second-order valence-electron chi connectivity index (χ2n) is 4.74. The number of nitrogens with zero attached hydrogens (tertiary/aromatic N) is 1. The van der Waals surface area contributed by atoms with E-state index in [2.05, 4.69) is 17.9 Å². The van der Waals surface area contributed by atoms with Crippen molar-refractivity contribution in [2.75, 3.05) is 18.5 Å². The molecule has 0 bridgehead atoms. The number of para-hydroxylation sites is 1. The Morgan fingerprint density at radius 2 is 2.00 bits per heavy atom. The minimum atomic E-state index is -0.947. The van der Waals surface area contributed by atoms with E-state index >= 15 is 0 Å². The fourth-order valence-electron chi connectivity index (χ4n) is 1.64. The molecule has 1 unspecified atom stereocenters. The number of nitrogens with two attached hydrogens (primary N) is 2. The Labute approximate surface area is 103 Å². The molecule has 4 heteroatoms. The topological polar surface area (TPSA) is 72.3 Å². The molecule has 1 rings (SSSR count). The van der Waals surface area contributed by atoms with Crippen molar-refractivity contribution >= 4 is 11.6 Å². The highest BCUT2D eigenvalue weighted by Gasteiger charge is 2.25. The molecule has 1 amide bonds. The lowest BCUT2D eigenvalue weighted by Crippen LogP contribution is -2.51. The van der Waals surface area contributed by atoms with Gasteiger partial charge < -0.3 is 16.4 Å². The number of amides is 1. The summed E-state index contributed by atoms with van der Waals surface area (Å²) in [7, 11) is 1.99. The number of anilines is 1. The van der Waals surface area contributed by atoms with Crippen molar-refractivity contribution in [3.8, 4) is 0 Å². The molecule has 17 heavy (non-hydrogen) atoms. The van der Waals surface area contributed by atoms with Gasteiger partial charge in [-0.2, -0.15) is 0 Å². The van der Waals surface area contributed by atoms with Gasteiger partial charge in [-0.05, 0) is 31.9 Å². The maximum Gasteiger partial charge on any atom is 0.237 e. The van der Waals surface area contributed by atoms with E-state index in [1.54, 1.807) is 6.92 Å². The van der Waals surface area contributed by atoms with Crippen LogP contribution in [0.2, 0.25) is 0 Å². The van der Waals surface area contributed by atoms with Crippen LogP contribution in [0.5, 0.6) is 0 Å². The van der Waals surface area contributed by atoms with E-state index in [9.17, 15) is 4.79 Å². The van der Waals surface area contributed by atoms with Crippen LogP contribution in [0, 0.1) is 6.92 Å². The summed E-state index contributed by atoms with van der Waals surface area (Å²) < 4.78 is 0. The molecule has 94 valence electrons. The van der Waals surface area contributed by atoms with Crippen molar-refractivity contribution < 1.29 is 4.79 Å². The van der Waals surface area contributed by atoms with Crippen molar-refractivity contribution in [3.63, 3.8) is 0 Å². The molecule has 0 saturated heterocycles. The summed E-state index contributed by atoms with van der Waals surface area (Å²) in [5.41, 5.74) is 12.5. The number of hydrogen-bond acceptors (Lipinski definition) is 3. The molecule has 4 N–H and O–H groups in total. The lowest BCUT2D eigenvalue weighted by Gasteiger charge is -2.26. The number of primary amides is 1. The second-order valence-corrected chi connectivity index (χ2v) is 4.74. The molecule has 1 aromatic carbocycles. The quantitative estimate of drug-likeness (QED) is 0.800. The molecule has 0 saturated carbocycles. The summed E-state index contributed by atoms with van der Waals surface area (Å²) in [5, 5.41) is 0. The van der Waals surface area contributed by atoms with E-state index in [4.69, 9.17) is 11.5 Å². The van der Waals surface area contributed by atoms with E-state index < -0.39 is 11.4 Å². The lowest BCUT2D eigenvalue weighted by molar-refractivity contribution is -0.122. The standard InChI is InChI=1S/C13H21N3O/c1-10-6-4-5-7-11(10)16(3)9-8-13(2,15)12(14)17/h4-7H,8-9,15H2,1-3H3,(H2,14,17). The summed E-state index contributed by atoms with van der Waals surface area (Å²) in [6, 6.07) is 8.10. The van der Waals surface area contributed by atoms with E-state index in [-0.39, 0.29) is 0 Å². The van der Waals surface area contributed by atoms with Crippen molar-refractivity contribution in [1.29, 1.82) is 0 Å². The minimum absolute atomic E-state index is 0.462. The van der Waals surface area contributed by atoms with Crippen molar-refractivity contribution in [2.24, 2.45) is 11.5 Å². The summed E-state index contributed by atoms with van der Waals surface area (Å²) in [4.78, 5) is 13.2. The number of hydrogen-bond donors (Lipinski definition) is 2. The maximum absolute atomic E-state index is 11.1. The first-order valence-corrected chi connectivity index (χ1v) is 5.70. The van der Waals surface area contributed by atoms with Gasteiger partial charge in [0.15, 0.2) is 0 Å². The van der Waals surface area contributed by atoms with Gasteiger partial charge in [-0.3, -0.25) is 4.79 Å². The van der Waals surface area contributed by atoms with Crippen molar-refractivity contribution in [2.45, 2.75) is 25.8 Å². The molecular weight excluding hydrogens is 214 g/mol. The molecule has 0 aromatic heterocycles. The number of carbonyl (C=O) groups is 1. The molecule has 1 aromatic rings. The third kappa shape index (κ3) is 3.46. The Balaban J connectivity index is 2.65. The number of aryl methyl sites for hydroxylation is 1. The van der Waals surface area contributed by atoms with Gasteiger partial charge in [0, 0.05) is 19.3 Å². The van der Waals surface area contributed by atoms with Crippen LogP contribution < -0.4 is 16.4 Å². The van der Waals surface area contributed by atoms with Gasteiger partial charge >= 0.3 is 0 Å². The zero-order chi connectivity index (χ0) is 13.1. The van der Waals surface area contributed by atoms with Gasteiger partial charge in [0.2, 0.25) is 5.91 Å². The van der Waals surface area contributed by atoms with Crippen LogP contribution in [0.3, 0.4) is 0 Å². The van der Waals surface area contributed by atoms with Crippen molar-refractivity contribution in [3.05, 3.63) is 29.8 Å². The van der Waals surface area contributed by atoms with Gasteiger partial charge in [0.05, 0.1) is 5.54 Å². The van der Waals surface area contributed by atoms with Crippen LogP contribution >= 0.6 is 0 Å². The molecule has 0 fully saturated rings. The molecule has 0 heterocycles. The molecule has 0 aliphatic rings. The fraction of sp³-hybridized carbons (Fsp3) is 0.462. The average molecular weight is 235 g/mol. The summed E-state index contributed by atoms with van der Waals surface area (Å²) in [6.45, 7) is 4.42. The highest BCUT2D eigenvalue weighted by atomic mass is 16.1.